The Bertz CT molecular complexity index is 510. The van der Waals surface area contributed by atoms with Crippen molar-refractivity contribution in [2.24, 2.45) is 5.92 Å². The van der Waals surface area contributed by atoms with Gasteiger partial charge in [0.25, 0.3) is 0 Å². The van der Waals surface area contributed by atoms with Crippen LogP contribution in [0.1, 0.15) is 27.2 Å². The van der Waals surface area contributed by atoms with Crippen molar-refractivity contribution in [3.63, 3.8) is 0 Å². The van der Waals surface area contributed by atoms with Crippen LogP contribution in [0.3, 0.4) is 0 Å². The fourth-order valence-corrected chi connectivity index (χ4v) is 3.96. The predicted octanol–water partition coefficient (Wildman–Crippen LogP) is 0.233. The van der Waals surface area contributed by atoms with E-state index >= 15 is 0 Å². The third-order valence-electron chi connectivity index (χ3n) is 5.46. The van der Waals surface area contributed by atoms with Crippen molar-refractivity contribution in [2.45, 2.75) is 33.2 Å². The van der Waals surface area contributed by atoms with Crippen molar-refractivity contribution < 1.29 is 9.59 Å². The molecular formula is C18H31N5O2. The summed E-state index contributed by atoms with van der Waals surface area (Å²) < 4.78 is 0. The largest absolute Gasteiger partial charge is 0.341 e. The Labute approximate surface area is 151 Å². The Kier molecular flexibility index (Phi) is 7.21. The van der Waals surface area contributed by atoms with Crippen LogP contribution in [0.5, 0.6) is 0 Å². The summed E-state index contributed by atoms with van der Waals surface area (Å²) in [6, 6.07) is 2.56. The minimum absolute atomic E-state index is 0.118. The molecule has 2 amide bonds. The Morgan fingerprint density at radius 2 is 1.88 bits per heavy atom. The van der Waals surface area contributed by atoms with Gasteiger partial charge in [0.05, 0.1) is 19.0 Å². The van der Waals surface area contributed by atoms with E-state index in [9.17, 15) is 9.59 Å². The molecule has 0 saturated carbocycles. The maximum absolute atomic E-state index is 12.5. The van der Waals surface area contributed by atoms with Crippen LogP contribution < -0.4 is 0 Å². The zero-order valence-electron chi connectivity index (χ0n) is 15.8. The number of carbonyl (C=O) groups is 2. The molecule has 2 aliphatic rings. The van der Waals surface area contributed by atoms with Gasteiger partial charge >= 0.3 is 0 Å². The van der Waals surface area contributed by atoms with Gasteiger partial charge in [-0.25, -0.2) is 0 Å². The van der Waals surface area contributed by atoms with Crippen LogP contribution in [0, 0.1) is 17.2 Å². The Morgan fingerprint density at radius 1 is 1.20 bits per heavy atom. The summed E-state index contributed by atoms with van der Waals surface area (Å²) in [4.78, 5) is 32.3. The molecule has 2 rings (SSSR count). The average molecular weight is 349 g/mol. The maximum atomic E-state index is 12.5. The second-order valence-corrected chi connectivity index (χ2v) is 7.16. The monoisotopic (exact) mass is 349 g/mol. The highest BCUT2D eigenvalue weighted by atomic mass is 16.2. The fourth-order valence-electron chi connectivity index (χ4n) is 3.96. The van der Waals surface area contributed by atoms with Gasteiger partial charge in [0.15, 0.2) is 0 Å². The first kappa shape index (κ1) is 19.7. The second kappa shape index (κ2) is 9.16. The molecule has 2 fully saturated rings. The van der Waals surface area contributed by atoms with Gasteiger partial charge in [-0.2, -0.15) is 5.26 Å². The van der Waals surface area contributed by atoms with Gasteiger partial charge in [0, 0.05) is 65.3 Å². The normalized spacial score (nSPS) is 25.0. The lowest BCUT2D eigenvalue weighted by Gasteiger charge is -2.39. The van der Waals surface area contributed by atoms with Gasteiger partial charge in [0.1, 0.15) is 0 Å². The molecule has 0 aromatic carbocycles. The second-order valence-electron chi connectivity index (χ2n) is 7.16. The summed E-state index contributed by atoms with van der Waals surface area (Å²) in [6.07, 6.45) is 0.388. The lowest BCUT2D eigenvalue weighted by atomic mass is 10.0. The zero-order valence-corrected chi connectivity index (χ0v) is 15.8. The first-order chi connectivity index (χ1) is 12.0. The molecule has 7 nitrogen and oxygen atoms in total. The Hall–Kier alpha value is -1.65. The van der Waals surface area contributed by atoms with E-state index in [2.05, 4.69) is 22.8 Å². The number of likely N-dealkylation sites (N-methyl/N-ethyl adjacent to an activating group) is 1. The van der Waals surface area contributed by atoms with Crippen LogP contribution >= 0.6 is 0 Å². The predicted molar refractivity (Wildman–Crippen MR) is 95.7 cm³/mol. The molecule has 2 aliphatic heterocycles. The zero-order chi connectivity index (χ0) is 18.4. The average Bonchev–Trinajstić information content (AvgIpc) is 2.95. The molecule has 25 heavy (non-hydrogen) atoms. The van der Waals surface area contributed by atoms with Crippen LogP contribution in [-0.4, -0.2) is 96.4 Å². The standard InChI is InChI=1S/C18H31N5O2/c1-4-21(7-5-6-19)18(25)14-20-12-15(2)17(13-20)23-10-8-22(9-11-23)16(3)24/h15,17H,4-5,7-14H2,1-3H3/t15-,17-/m0/s1. The molecule has 140 valence electrons. The first-order valence-electron chi connectivity index (χ1n) is 9.32. The van der Waals surface area contributed by atoms with E-state index in [0.29, 0.717) is 38.0 Å². The van der Waals surface area contributed by atoms with E-state index in [1.165, 1.54) is 0 Å². The van der Waals surface area contributed by atoms with Crippen molar-refractivity contribution in [3.05, 3.63) is 0 Å². The first-order valence-corrected chi connectivity index (χ1v) is 9.32. The van der Waals surface area contributed by atoms with Crippen LogP contribution in [0.15, 0.2) is 0 Å². The molecule has 7 heteroatoms. The minimum atomic E-state index is 0.118. The molecule has 0 N–H and O–H groups in total. The van der Waals surface area contributed by atoms with Crippen molar-refractivity contribution >= 4 is 11.8 Å². The Balaban J connectivity index is 1.83. The van der Waals surface area contributed by atoms with Crippen molar-refractivity contribution in [2.75, 3.05) is 58.9 Å². The summed E-state index contributed by atoms with van der Waals surface area (Å²) in [7, 11) is 0. The van der Waals surface area contributed by atoms with Gasteiger partial charge < -0.3 is 9.80 Å². The van der Waals surface area contributed by atoms with Gasteiger partial charge in [-0.1, -0.05) is 6.92 Å². The third-order valence-corrected chi connectivity index (χ3v) is 5.46. The molecule has 0 unspecified atom stereocenters. The van der Waals surface area contributed by atoms with Crippen LogP contribution in [0.25, 0.3) is 0 Å². The summed E-state index contributed by atoms with van der Waals surface area (Å²) in [5, 5.41) is 8.71. The summed E-state index contributed by atoms with van der Waals surface area (Å²) in [5.74, 6) is 0.793. The molecule has 0 aromatic heterocycles. The van der Waals surface area contributed by atoms with E-state index in [-0.39, 0.29) is 11.8 Å². The molecule has 0 bridgehead atoms. The van der Waals surface area contributed by atoms with Gasteiger partial charge in [-0.3, -0.25) is 19.4 Å². The number of piperazine rings is 1. The molecule has 0 spiro atoms. The highest BCUT2D eigenvalue weighted by molar-refractivity contribution is 5.78. The summed E-state index contributed by atoms with van der Waals surface area (Å²) >= 11 is 0. The quantitative estimate of drug-likeness (QED) is 0.687. The van der Waals surface area contributed by atoms with Crippen molar-refractivity contribution in [1.82, 2.24) is 19.6 Å². The number of hydrogen-bond acceptors (Lipinski definition) is 5. The Morgan fingerprint density at radius 3 is 2.44 bits per heavy atom. The maximum Gasteiger partial charge on any atom is 0.236 e. The van der Waals surface area contributed by atoms with Gasteiger partial charge in [0.2, 0.25) is 11.8 Å². The smallest absolute Gasteiger partial charge is 0.236 e. The topological polar surface area (TPSA) is 70.9 Å². The molecule has 2 heterocycles. The number of nitriles is 1. The lowest BCUT2D eigenvalue weighted by Crippen LogP contribution is -2.53. The van der Waals surface area contributed by atoms with E-state index in [0.717, 1.165) is 39.3 Å². The van der Waals surface area contributed by atoms with E-state index < -0.39 is 0 Å². The molecular weight excluding hydrogens is 318 g/mol. The van der Waals surface area contributed by atoms with Crippen LogP contribution in [0.4, 0.5) is 0 Å². The summed E-state index contributed by atoms with van der Waals surface area (Å²) in [6.45, 7) is 12.7. The molecule has 0 aromatic rings. The molecule has 2 atom stereocenters. The van der Waals surface area contributed by atoms with E-state index in [1.54, 1.807) is 11.8 Å². The van der Waals surface area contributed by atoms with E-state index in [1.807, 2.05) is 11.8 Å². The highest BCUT2D eigenvalue weighted by Crippen LogP contribution is 2.23. The lowest BCUT2D eigenvalue weighted by molar-refractivity contribution is -0.132. The number of nitrogens with zero attached hydrogens (tertiary/aromatic N) is 5. The number of carbonyl (C=O) groups excluding carboxylic acids is 2. The number of likely N-dealkylation sites (tertiary alicyclic amines) is 1. The number of amides is 2. The van der Waals surface area contributed by atoms with Crippen LogP contribution in [0.2, 0.25) is 0 Å². The third kappa shape index (κ3) is 5.16. The SMILES string of the molecule is CCN(CCC#N)C(=O)CN1C[C@H](C)[C@@H](N2CCN(C(C)=O)CC2)C1. The molecule has 0 radical (unpaired) electrons. The van der Waals surface area contributed by atoms with Crippen molar-refractivity contribution in [1.29, 1.82) is 5.26 Å². The van der Waals surface area contributed by atoms with Gasteiger partial charge in [-0.15, -0.1) is 0 Å². The minimum Gasteiger partial charge on any atom is -0.341 e. The molecule has 2 saturated heterocycles. The summed E-state index contributed by atoms with van der Waals surface area (Å²) in [5.41, 5.74) is 0. The number of hydrogen-bond donors (Lipinski definition) is 0. The highest BCUT2D eigenvalue weighted by Gasteiger charge is 2.36. The fraction of sp³-hybridized carbons (Fsp3) is 0.833. The van der Waals surface area contributed by atoms with Crippen LogP contribution in [-0.2, 0) is 9.59 Å². The molecule has 0 aliphatic carbocycles. The van der Waals surface area contributed by atoms with Gasteiger partial charge in [-0.05, 0) is 12.8 Å². The van der Waals surface area contributed by atoms with Crippen molar-refractivity contribution in [3.8, 4) is 6.07 Å². The van der Waals surface area contributed by atoms with E-state index in [4.69, 9.17) is 5.26 Å². The number of rotatable bonds is 6.